The molecular weight excluding hydrogens is 485 g/mol. The van der Waals surface area contributed by atoms with Gasteiger partial charge in [-0.2, -0.15) is 0 Å². The fourth-order valence-corrected chi connectivity index (χ4v) is 4.97. The minimum atomic E-state index is -1.18. The first kappa shape index (κ1) is 26.6. The summed E-state index contributed by atoms with van der Waals surface area (Å²) >= 11 is 0. The summed E-state index contributed by atoms with van der Waals surface area (Å²) in [5.74, 6) is -1.57. The second-order valence-corrected chi connectivity index (χ2v) is 9.28. The lowest BCUT2D eigenvalue weighted by atomic mass is 9.80. The van der Waals surface area contributed by atoms with Crippen molar-refractivity contribution in [2.45, 2.75) is 25.4 Å². The van der Waals surface area contributed by atoms with Crippen molar-refractivity contribution in [1.82, 2.24) is 9.88 Å². The topological polar surface area (TPSA) is 71.9 Å². The Morgan fingerprint density at radius 3 is 2.76 bits per heavy atom. The third-order valence-electron chi connectivity index (χ3n) is 6.97. The smallest absolute Gasteiger partial charge is 0.313 e. The van der Waals surface area contributed by atoms with Gasteiger partial charge in [0.15, 0.2) is 0 Å². The number of nitrogens with zero attached hydrogens (tertiary/aromatic N) is 2. The highest BCUT2D eigenvalue weighted by Gasteiger charge is 2.45. The predicted molar refractivity (Wildman–Crippen MR) is 133 cm³/mol. The number of carbonyl (C=O) groups is 1. The Morgan fingerprint density at radius 2 is 2.00 bits per heavy atom. The van der Waals surface area contributed by atoms with Gasteiger partial charge in [0.05, 0.1) is 37.5 Å². The van der Waals surface area contributed by atoms with Crippen molar-refractivity contribution < 1.29 is 32.5 Å². The fourth-order valence-electron chi connectivity index (χ4n) is 4.97. The van der Waals surface area contributed by atoms with Gasteiger partial charge in [-0.1, -0.05) is 12.2 Å². The predicted octanol–water partition coefficient (Wildman–Crippen LogP) is 5.05. The normalized spacial score (nSPS) is 19.0. The largest absolute Gasteiger partial charge is 0.497 e. The van der Waals surface area contributed by atoms with Crippen LogP contribution in [0.5, 0.6) is 5.75 Å². The van der Waals surface area contributed by atoms with Crippen LogP contribution in [0.3, 0.4) is 0 Å². The standard InChI is InChI=1S/C28H29F3N2O4/c1-36-20-6-8-24-21(15-20)26(23(31)16-32-24)25(34)9-10-28(27(35)37-2)11-13-33(17-28)12-3-4-18-14-19(29)5-7-22(18)30/h3-8,14-16,25,34H,9-13,17H2,1-2H3/b4-3+. The van der Waals surface area contributed by atoms with E-state index in [1.165, 1.54) is 20.3 Å². The third kappa shape index (κ3) is 5.78. The van der Waals surface area contributed by atoms with Gasteiger partial charge < -0.3 is 14.6 Å². The van der Waals surface area contributed by atoms with Gasteiger partial charge in [0.25, 0.3) is 0 Å². The van der Waals surface area contributed by atoms with E-state index in [0.717, 1.165) is 24.4 Å². The number of aliphatic hydroxyl groups excluding tert-OH is 1. The van der Waals surface area contributed by atoms with Crippen molar-refractivity contribution in [2.75, 3.05) is 33.9 Å². The number of hydrogen-bond donors (Lipinski definition) is 1. The Morgan fingerprint density at radius 1 is 1.19 bits per heavy atom. The molecule has 2 aromatic carbocycles. The lowest BCUT2D eigenvalue weighted by Crippen LogP contribution is -2.36. The summed E-state index contributed by atoms with van der Waals surface area (Å²) in [4.78, 5) is 18.9. The van der Waals surface area contributed by atoms with Crippen LogP contribution < -0.4 is 4.74 Å². The average molecular weight is 515 g/mol. The van der Waals surface area contributed by atoms with Gasteiger partial charge >= 0.3 is 5.97 Å². The minimum absolute atomic E-state index is 0.110. The molecule has 4 rings (SSSR count). The van der Waals surface area contributed by atoms with E-state index in [4.69, 9.17) is 9.47 Å². The highest BCUT2D eigenvalue weighted by Crippen LogP contribution is 2.40. The quantitative estimate of drug-likeness (QED) is 0.403. The van der Waals surface area contributed by atoms with Crippen LogP contribution >= 0.6 is 0 Å². The molecule has 2 atom stereocenters. The molecule has 1 aliphatic heterocycles. The summed E-state index contributed by atoms with van der Waals surface area (Å²) in [6.45, 7) is 1.35. The zero-order valence-electron chi connectivity index (χ0n) is 20.7. The second kappa shape index (κ2) is 11.3. The first-order valence-electron chi connectivity index (χ1n) is 12.0. The number of benzene rings is 2. The number of hydrogen-bond acceptors (Lipinski definition) is 6. The number of rotatable bonds is 9. The minimum Gasteiger partial charge on any atom is -0.497 e. The van der Waals surface area contributed by atoms with Crippen LogP contribution in [0.15, 0.2) is 48.7 Å². The second-order valence-electron chi connectivity index (χ2n) is 9.28. The molecule has 1 saturated heterocycles. The number of fused-ring (bicyclic) bond motifs is 1. The van der Waals surface area contributed by atoms with E-state index in [0.29, 0.717) is 42.7 Å². The molecule has 1 aromatic heterocycles. The molecule has 1 fully saturated rings. The van der Waals surface area contributed by atoms with E-state index in [-0.39, 0.29) is 24.0 Å². The van der Waals surface area contributed by atoms with Gasteiger partial charge in [-0.3, -0.25) is 14.7 Å². The molecule has 0 spiro atoms. The van der Waals surface area contributed by atoms with E-state index in [1.54, 1.807) is 24.3 Å². The summed E-state index contributed by atoms with van der Waals surface area (Å²) in [5, 5.41) is 11.5. The summed E-state index contributed by atoms with van der Waals surface area (Å²) in [6.07, 6.45) is 4.01. The number of aromatic nitrogens is 1. The third-order valence-corrected chi connectivity index (χ3v) is 6.97. The molecule has 2 heterocycles. The Kier molecular flexibility index (Phi) is 8.14. The van der Waals surface area contributed by atoms with Gasteiger partial charge in [-0.05, 0) is 62.2 Å². The molecule has 0 bridgehead atoms. The molecule has 2 unspecified atom stereocenters. The molecule has 0 saturated carbocycles. The summed E-state index contributed by atoms with van der Waals surface area (Å²) in [5.41, 5.74) is -0.110. The first-order chi connectivity index (χ1) is 17.8. The van der Waals surface area contributed by atoms with Crippen molar-refractivity contribution in [2.24, 2.45) is 5.41 Å². The SMILES string of the molecule is COC(=O)C1(CCC(O)c2c(F)cnc3ccc(OC)cc23)CCN(C/C=C/c2cc(F)ccc2F)C1. The van der Waals surface area contributed by atoms with Gasteiger partial charge in [0, 0.05) is 29.6 Å². The average Bonchev–Trinajstić information content (AvgIpc) is 3.32. The Balaban J connectivity index is 1.48. The maximum absolute atomic E-state index is 14.8. The van der Waals surface area contributed by atoms with E-state index in [2.05, 4.69) is 4.98 Å². The van der Waals surface area contributed by atoms with E-state index in [9.17, 15) is 23.1 Å². The summed E-state index contributed by atoms with van der Waals surface area (Å²) in [7, 11) is 2.82. The molecule has 1 N–H and O–H groups in total. The van der Waals surface area contributed by atoms with Crippen LogP contribution in [0.2, 0.25) is 0 Å². The molecule has 196 valence electrons. The maximum atomic E-state index is 14.8. The number of ether oxygens (including phenoxy) is 2. The number of esters is 1. The lowest BCUT2D eigenvalue weighted by molar-refractivity contribution is -0.152. The number of halogens is 3. The van der Waals surface area contributed by atoms with Crippen LogP contribution in [-0.2, 0) is 9.53 Å². The van der Waals surface area contributed by atoms with E-state index < -0.39 is 34.9 Å². The maximum Gasteiger partial charge on any atom is 0.313 e. The van der Waals surface area contributed by atoms with Crippen LogP contribution in [0.4, 0.5) is 13.2 Å². The van der Waals surface area contributed by atoms with Gasteiger partial charge in [0.2, 0.25) is 0 Å². The van der Waals surface area contributed by atoms with Crippen LogP contribution in [0.25, 0.3) is 17.0 Å². The van der Waals surface area contributed by atoms with Crippen LogP contribution in [0.1, 0.15) is 36.5 Å². The molecule has 0 amide bonds. The molecule has 0 aliphatic carbocycles. The monoisotopic (exact) mass is 514 g/mol. The molecule has 37 heavy (non-hydrogen) atoms. The fraction of sp³-hybridized carbons (Fsp3) is 0.357. The highest BCUT2D eigenvalue weighted by molar-refractivity contribution is 5.84. The molecule has 6 nitrogen and oxygen atoms in total. The van der Waals surface area contributed by atoms with Crippen molar-refractivity contribution >= 4 is 22.9 Å². The zero-order chi connectivity index (χ0) is 26.6. The van der Waals surface area contributed by atoms with Crippen LogP contribution in [0, 0.1) is 22.9 Å². The number of aliphatic hydroxyl groups is 1. The van der Waals surface area contributed by atoms with Gasteiger partial charge in [-0.25, -0.2) is 13.2 Å². The first-order valence-corrected chi connectivity index (χ1v) is 12.0. The lowest BCUT2D eigenvalue weighted by Gasteiger charge is -2.28. The molecule has 1 aliphatic rings. The zero-order valence-corrected chi connectivity index (χ0v) is 20.7. The Labute approximate surface area is 213 Å². The Bertz CT molecular complexity index is 1320. The molecule has 9 heteroatoms. The number of carbonyl (C=O) groups excluding carboxylic acids is 1. The highest BCUT2D eigenvalue weighted by atomic mass is 19.1. The summed E-state index contributed by atoms with van der Waals surface area (Å²) < 4.78 is 52.4. The van der Waals surface area contributed by atoms with Crippen molar-refractivity contribution in [1.29, 1.82) is 0 Å². The Hall–Kier alpha value is -3.43. The summed E-state index contributed by atoms with van der Waals surface area (Å²) in [6, 6.07) is 8.28. The number of methoxy groups -OCH3 is 2. The number of likely N-dealkylation sites (tertiary alicyclic amines) is 1. The molecule has 3 aromatic rings. The van der Waals surface area contributed by atoms with Crippen molar-refractivity contribution in [3.8, 4) is 5.75 Å². The van der Waals surface area contributed by atoms with Gasteiger partial charge in [-0.15, -0.1) is 0 Å². The van der Waals surface area contributed by atoms with Crippen LogP contribution in [-0.4, -0.2) is 54.8 Å². The van der Waals surface area contributed by atoms with Crippen molar-refractivity contribution in [3.05, 3.63) is 77.2 Å². The van der Waals surface area contributed by atoms with E-state index >= 15 is 0 Å². The van der Waals surface area contributed by atoms with Gasteiger partial charge in [0.1, 0.15) is 23.2 Å². The number of pyridine rings is 1. The molecule has 0 radical (unpaired) electrons. The van der Waals surface area contributed by atoms with Crippen molar-refractivity contribution in [3.63, 3.8) is 0 Å². The molecular formula is C28H29F3N2O4. The van der Waals surface area contributed by atoms with E-state index in [1.807, 2.05) is 4.90 Å².